The number of aryl methyl sites for hydroxylation is 3. The van der Waals surface area contributed by atoms with Crippen LogP contribution in [0.15, 0.2) is 79.1 Å². The van der Waals surface area contributed by atoms with Gasteiger partial charge in [0.2, 0.25) is 0 Å². The maximum absolute atomic E-state index is 14.5. The Morgan fingerprint density at radius 2 is 1.78 bits per heavy atom. The van der Waals surface area contributed by atoms with Crippen LogP contribution >= 0.6 is 0 Å². The van der Waals surface area contributed by atoms with E-state index < -0.39 is 23.4 Å². The van der Waals surface area contributed by atoms with Crippen molar-refractivity contribution in [3.63, 3.8) is 0 Å². The number of aromatic amines is 1. The van der Waals surface area contributed by atoms with Crippen molar-refractivity contribution >= 4 is 17.0 Å². The predicted molar refractivity (Wildman–Crippen MR) is 174 cm³/mol. The Balaban J connectivity index is 1.42. The van der Waals surface area contributed by atoms with E-state index in [4.69, 9.17) is 19.1 Å². The first-order valence-electron chi connectivity index (χ1n) is 15.7. The van der Waals surface area contributed by atoms with Crippen molar-refractivity contribution in [2.24, 2.45) is 0 Å². The highest BCUT2D eigenvalue weighted by molar-refractivity contribution is 6.06. The standard InChI is InChI=1S/C36H28F2N6O5/c1-19(21-8-9-23(18-39)25(38)16-21)44-28-14-10-22(17-29(28)48-36(44)47)30-31-26(4-2-3-15-40-33(31)45)41-27(32(30)34-42-43-35(46)49-34)13-7-20-5-11-24(37)12-6-20/h5-6,8-12,14,16-17,19H,2-4,7,13,15H2,1H3,(H,40,45)(H,43,46). The number of pyridine rings is 1. The van der Waals surface area contributed by atoms with Crippen LogP contribution in [-0.4, -0.2) is 32.2 Å². The number of carbonyl (C=O) groups excluding carboxylic acids is 1. The molecule has 1 amide bonds. The minimum atomic E-state index is -0.798. The summed E-state index contributed by atoms with van der Waals surface area (Å²) >= 11 is 0. The molecule has 49 heavy (non-hydrogen) atoms. The summed E-state index contributed by atoms with van der Waals surface area (Å²) in [6, 6.07) is 16.4. The molecule has 0 fully saturated rings. The highest BCUT2D eigenvalue weighted by Crippen LogP contribution is 2.40. The molecule has 0 radical (unpaired) electrons. The number of rotatable bonds is 7. The van der Waals surface area contributed by atoms with E-state index in [0.717, 1.165) is 18.4 Å². The first-order valence-corrected chi connectivity index (χ1v) is 15.7. The number of hydrogen-bond donors (Lipinski definition) is 2. The van der Waals surface area contributed by atoms with Gasteiger partial charge >= 0.3 is 11.5 Å². The number of nitriles is 1. The van der Waals surface area contributed by atoms with E-state index in [2.05, 4.69) is 15.5 Å². The molecule has 13 heteroatoms. The third-order valence-electron chi connectivity index (χ3n) is 8.80. The van der Waals surface area contributed by atoms with Crippen LogP contribution in [0.5, 0.6) is 0 Å². The fourth-order valence-corrected chi connectivity index (χ4v) is 6.36. The summed E-state index contributed by atoms with van der Waals surface area (Å²) in [7, 11) is 0. The summed E-state index contributed by atoms with van der Waals surface area (Å²) < 4.78 is 40.7. The highest BCUT2D eigenvalue weighted by Gasteiger charge is 2.30. The monoisotopic (exact) mass is 662 g/mol. The lowest BCUT2D eigenvalue weighted by atomic mass is 9.88. The van der Waals surface area contributed by atoms with Gasteiger partial charge in [0, 0.05) is 12.1 Å². The first-order chi connectivity index (χ1) is 23.7. The minimum Gasteiger partial charge on any atom is -0.408 e. The Kier molecular flexibility index (Phi) is 8.21. The molecule has 1 atom stereocenters. The topological polar surface area (TPSA) is 160 Å². The number of nitrogens with one attached hydrogen (secondary N) is 2. The molecular weight excluding hydrogens is 634 g/mol. The molecule has 11 nitrogen and oxygen atoms in total. The van der Waals surface area contributed by atoms with Crippen molar-refractivity contribution in [1.29, 1.82) is 5.26 Å². The lowest BCUT2D eigenvalue weighted by Gasteiger charge is -2.22. The van der Waals surface area contributed by atoms with Crippen LogP contribution in [0.1, 0.15) is 64.2 Å². The quantitative estimate of drug-likeness (QED) is 0.223. The molecular formula is C36H28F2N6O5. The van der Waals surface area contributed by atoms with E-state index in [-0.39, 0.29) is 34.3 Å². The van der Waals surface area contributed by atoms with Gasteiger partial charge < -0.3 is 14.2 Å². The zero-order chi connectivity index (χ0) is 34.2. The van der Waals surface area contributed by atoms with Crippen LogP contribution in [0.3, 0.4) is 0 Å². The molecule has 0 bridgehead atoms. The molecule has 1 unspecified atom stereocenters. The van der Waals surface area contributed by atoms with Gasteiger partial charge in [0.1, 0.15) is 17.7 Å². The summed E-state index contributed by atoms with van der Waals surface area (Å²) in [5.41, 5.74) is 4.35. The Morgan fingerprint density at radius 3 is 2.51 bits per heavy atom. The fourth-order valence-electron chi connectivity index (χ4n) is 6.36. The number of amides is 1. The summed E-state index contributed by atoms with van der Waals surface area (Å²) in [4.78, 5) is 44.2. The van der Waals surface area contributed by atoms with Crippen LogP contribution in [0.2, 0.25) is 0 Å². The van der Waals surface area contributed by atoms with Crippen LogP contribution in [0.25, 0.3) is 33.7 Å². The number of H-pyrrole nitrogens is 1. The first kappa shape index (κ1) is 31.4. The zero-order valence-electron chi connectivity index (χ0n) is 26.2. The van der Waals surface area contributed by atoms with Gasteiger partial charge in [-0.3, -0.25) is 14.3 Å². The second-order valence-electron chi connectivity index (χ2n) is 11.8. The Hall–Kier alpha value is -6.16. The third-order valence-corrected chi connectivity index (χ3v) is 8.80. The molecule has 2 N–H and O–H groups in total. The van der Waals surface area contributed by atoms with Crippen LogP contribution < -0.4 is 16.8 Å². The largest absolute Gasteiger partial charge is 0.434 e. The lowest BCUT2D eigenvalue weighted by Crippen LogP contribution is -2.29. The molecule has 7 rings (SSSR count). The molecule has 0 saturated heterocycles. The maximum atomic E-state index is 14.5. The van der Waals surface area contributed by atoms with Crippen molar-refractivity contribution in [3.8, 4) is 28.7 Å². The number of oxazole rings is 1. The fraction of sp³-hybridized carbons (Fsp3) is 0.222. The summed E-state index contributed by atoms with van der Waals surface area (Å²) in [5.74, 6) is -2.98. The highest BCUT2D eigenvalue weighted by atomic mass is 19.1. The molecule has 246 valence electrons. The van der Waals surface area contributed by atoms with Crippen molar-refractivity contribution in [2.45, 2.75) is 45.1 Å². The molecule has 0 aliphatic carbocycles. The van der Waals surface area contributed by atoms with Crippen LogP contribution in [-0.2, 0) is 19.3 Å². The van der Waals surface area contributed by atoms with Gasteiger partial charge in [-0.2, -0.15) is 5.26 Å². The maximum Gasteiger partial charge on any atom is 0.434 e. The molecule has 0 spiro atoms. The molecule has 0 saturated carbocycles. The van der Waals surface area contributed by atoms with Crippen molar-refractivity contribution in [2.75, 3.05) is 6.54 Å². The van der Waals surface area contributed by atoms with Gasteiger partial charge in [-0.1, -0.05) is 24.3 Å². The van der Waals surface area contributed by atoms with Crippen molar-refractivity contribution in [1.82, 2.24) is 25.1 Å². The van der Waals surface area contributed by atoms with E-state index in [9.17, 15) is 23.2 Å². The smallest absolute Gasteiger partial charge is 0.408 e. The average Bonchev–Trinajstić information content (AvgIpc) is 3.67. The molecule has 3 aromatic heterocycles. The average molecular weight is 663 g/mol. The van der Waals surface area contributed by atoms with Crippen molar-refractivity contribution in [3.05, 3.63) is 127 Å². The Labute approximate surface area is 276 Å². The van der Waals surface area contributed by atoms with Gasteiger partial charge in [0.25, 0.3) is 11.8 Å². The molecule has 4 heterocycles. The van der Waals surface area contributed by atoms with E-state index in [1.165, 1.54) is 28.8 Å². The number of fused-ring (bicyclic) bond motifs is 2. The summed E-state index contributed by atoms with van der Waals surface area (Å²) in [6.07, 6.45) is 2.83. The lowest BCUT2D eigenvalue weighted by molar-refractivity contribution is 0.0950. The second-order valence-corrected chi connectivity index (χ2v) is 11.8. The van der Waals surface area contributed by atoms with Crippen molar-refractivity contribution < 1.29 is 22.4 Å². The number of carbonyl (C=O) groups is 1. The Morgan fingerprint density at radius 1 is 0.959 bits per heavy atom. The van der Waals surface area contributed by atoms with Gasteiger partial charge in [-0.25, -0.2) is 23.5 Å². The third kappa shape index (κ3) is 5.93. The number of aromatic nitrogens is 4. The number of halogens is 2. The van der Waals surface area contributed by atoms with E-state index in [1.807, 2.05) is 0 Å². The van der Waals surface area contributed by atoms with E-state index in [0.29, 0.717) is 65.0 Å². The minimum absolute atomic E-state index is 0.0742. The molecule has 1 aliphatic rings. The SMILES string of the molecule is CC(c1ccc(C#N)c(F)c1)n1c(=O)oc2cc(-c3c4c(nc(CCc5ccc(F)cc5)c3-c3n[nH]c(=O)o3)CCCCNC4=O)ccc21. The van der Waals surface area contributed by atoms with Gasteiger partial charge in [0.05, 0.1) is 39.6 Å². The predicted octanol–water partition coefficient (Wildman–Crippen LogP) is 5.61. The normalized spacial score (nSPS) is 13.7. The molecule has 3 aromatic carbocycles. The Bertz CT molecular complexity index is 2400. The molecule has 1 aliphatic heterocycles. The number of benzene rings is 3. The van der Waals surface area contributed by atoms with Gasteiger partial charge in [-0.15, -0.1) is 5.10 Å². The molecule has 6 aromatic rings. The summed E-state index contributed by atoms with van der Waals surface area (Å²) in [5, 5.41) is 18.5. The zero-order valence-corrected chi connectivity index (χ0v) is 26.2. The number of hydrogen-bond acceptors (Lipinski definition) is 8. The summed E-state index contributed by atoms with van der Waals surface area (Å²) in [6.45, 7) is 2.17. The number of nitrogens with zero attached hydrogens (tertiary/aromatic N) is 4. The van der Waals surface area contributed by atoms with Crippen LogP contribution in [0.4, 0.5) is 8.78 Å². The van der Waals surface area contributed by atoms with E-state index in [1.54, 1.807) is 49.4 Å². The van der Waals surface area contributed by atoms with E-state index >= 15 is 0 Å². The van der Waals surface area contributed by atoms with Gasteiger partial charge in [-0.05, 0) is 92.1 Å². The van der Waals surface area contributed by atoms with Gasteiger partial charge in [0.15, 0.2) is 5.58 Å². The van der Waals surface area contributed by atoms with Crippen LogP contribution in [0, 0.1) is 23.0 Å². The second kappa shape index (κ2) is 12.8.